The van der Waals surface area contributed by atoms with E-state index in [0.717, 1.165) is 24.4 Å². The summed E-state index contributed by atoms with van der Waals surface area (Å²) in [7, 11) is 0. The fourth-order valence-corrected chi connectivity index (χ4v) is 1.07. The van der Waals surface area contributed by atoms with Crippen LogP contribution in [0.25, 0.3) is 0 Å². The fraction of sp³-hybridized carbons (Fsp3) is 0.667. The van der Waals surface area contributed by atoms with Crippen molar-refractivity contribution in [2.24, 2.45) is 0 Å². The van der Waals surface area contributed by atoms with Gasteiger partial charge in [0.1, 0.15) is 6.26 Å². The highest BCUT2D eigenvalue weighted by molar-refractivity contribution is 4.97. The molecule has 1 atom stereocenters. The minimum absolute atomic E-state index is 0.343. The second kappa shape index (κ2) is 4.26. The Morgan fingerprint density at radius 3 is 3.00 bits per heavy atom. The lowest BCUT2D eigenvalue weighted by Crippen LogP contribution is -2.04. The highest BCUT2D eigenvalue weighted by Gasteiger charge is 2.05. The molecule has 1 heterocycles. The maximum absolute atomic E-state index is 9.06. The monoisotopic (exact) mass is 169 g/mol. The topological polar surface area (TPSA) is 46.3 Å². The van der Waals surface area contributed by atoms with Crippen LogP contribution in [0.15, 0.2) is 10.7 Å². The second-order valence-corrected chi connectivity index (χ2v) is 3.04. The molecule has 0 aromatic carbocycles. The van der Waals surface area contributed by atoms with Crippen LogP contribution < -0.4 is 0 Å². The van der Waals surface area contributed by atoms with Crippen LogP contribution in [0.5, 0.6) is 0 Å². The minimum atomic E-state index is -0.343. The summed E-state index contributed by atoms with van der Waals surface area (Å²) in [6.45, 7) is 3.83. The number of oxazole rings is 1. The van der Waals surface area contributed by atoms with Crippen molar-refractivity contribution in [3.05, 3.63) is 17.8 Å². The molecule has 1 aromatic rings. The summed E-state index contributed by atoms with van der Waals surface area (Å²) >= 11 is 0. The van der Waals surface area contributed by atoms with Gasteiger partial charge in [0.15, 0.2) is 5.89 Å². The molecule has 0 fully saturated rings. The number of aromatic nitrogens is 1. The zero-order valence-corrected chi connectivity index (χ0v) is 7.58. The molecule has 1 rings (SSSR count). The molecule has 0 aliphatic carbocycles. The average molecular weight is 169 g/mol. The van der Waals surface area contributed by atoms with Crippen LogP contribution in [0.3, 0.4) is 0 Å². The van der Waals surface area contributed by atoms with Gasteiger partial charge in [0.05, 0.1) is 11.8 Å². The van der Waals surface area contributed by atoms with Crippen LogP contribution in [0, 0.1) is 0 Å². The van der Waals surface area contributed by atoms with E-state index in [1.54, 1.807) is 13.2 Å². The van der Waals surface area contributed by atoms with Gasteiger partial charge in [-0.1, -0.05) is 6.92 Å². The Kier molecular flexibility index (Phi) is 3.29. The van der Waals surface area contributed by atoms with Gasteiger partial charge in [0.2, 0.25) is 0 Å². The summed E-state index contributed by atoms with van der Waals surface area (Å²) in [6.07, 6.45) is 3.77. The number of rotatable bonds is 4. The first-order valence-electron chi connectivity index (χ1n) is 4.33. The summed E-state index contributed by atoms with van der Waals surface area (Å²) in [4.78, 5) is 4.21. The molecule has 1 unspecified atom stereocenters. The molecule has 0 bridgehead atoms. The lowest BCUT2D eigenvalue weighted by Gasteiger charge is -1.96. The normalized spacial score (nSPS) is 13.2. The zero-order chi connectivity index (χ0) is 8.97. The number of aliphatic hydroxyl groups is 1. The Balaban J connectivity index is 2.52. The van der Waals surface area contributed by atoms with E-state index in [1.165, 1.54) is 0 Å². The van der Waals surface area contributed by atoms with Crippen LogP contribution >= 0.6 is 0 Å². The molecule has 0 aliphatic heterocycles. The molecular formula is C9H15NO2. The summed E-state index contributed by atoms with van der Waals surface area (Å²) in [5.74, 6) is 0.771. The minimum Gasteiger partial charge on any atom is -0.449 e. The van der Waals surface area contributed by atoms with Gasteiger partial charge < -0.3 is 9.52 Å². The van der Waals surface area contributed by atoms with E-state index in [0.29, 0.717) is 6.42 Å². The summed E-state index contributed by atoms with van der Waals surface area (Å²) < 4.78 is 5.18. The van der Waals surface area contributed by atoms with E-state index in [4.69, 9.17) is 9.52 Å². The smallest absolute Gasteiger partial charge is 0.194 e. The first-order chi connectivity index (χ1) is 5.72. The van der Waals surface area contributed by atoms with Crippen molar-refractivity contribution in [1.82, 2.24) is 4.98 Å². The Labute approximate surface area is 72.4 Å². The molecule has 3 nitrogen and oxygen atoms in total. The summed E-state index contributed by atoms with van der Waals surface area (Å²) in [6, 6.07) is 0. The standard InChI is InChI=1S/C9H15NO2/c1-3-4-9-10-8(6-12-9)5-7(2)11/h6-7,11H,3-5H2,1-2H3. The SMILES string of the molecule is CCCc1nc(CC(C)O)co1. The molecule has 1 N–H and O–H groups in total. The number of hydrogen-bond acceptors (Lipinski definition) is 3. The van der Waals surface area contributed by atoms with E-state index in [-0.39, 0.29) is 6.10 Å². The Morgan fingerprint density at radius 2 is 2.42 bits per heavy atom. The van der Waals surface area contributed by atoms with Gasteiger partial charge in [0.25, 0.3) is 0 Å². The Hall–Kier alpha value is -0.830. The van der Waals surface area contributed by atoms with Crippen molar-refractivity contribution < 1.29 is 9.52 Å². The molecule has 0 saturated carbocycles. The summed E-state index contributed by atoms with van der Waals surface area (Å²) in [5.41, 5.74) is 0.841. The van der Waals surface area contributed by atoms with Crippen LogP contribution in [-0.4, -0.2) is 16.2 Å². The van der Waals surface area contributed by atoms with Crippen molar-refractivity contribution in [2.75, 3.05) is 0 Å². The first kappa shape index (κ1) is 9.26. The molecule has 0 saturated heterocycles. The zero-order valence-electron chi connectivity index (χ0n) is 7.58. The van der Waals surface area contributed by atoms with Crippen LogP contribution in [0.2, 0.25) is 0 Å². The van der Waals surface area contributed by atoms with Crippen molar-refractivity contribution >= 4 is 0 Å². The quantitative estimate of drug-likeness (QED) is 0.743. The second-order valence-electron chi connectivity index (χ2n) is 3.04. The molecular weight excluding hydrogens is 154 g/mol. The molecule has 12 heavy (non-hydrogen) atoms. The number of aryl methyl sites for hydroxylation is 1. The van der Waals surface area contributed by atoms with Crippen molar-refractivity contribution in [1.29, 1.82) is 0 Å². The van der Waals surface area contributed by atoms with Gasteiger partial charge >= 0.3 is 0 Å². The Bertz CT molecular complexity index is 230. The third kappa shape index (κ3) is 2.66. The van der Waals surface area contributed by atoms with Gasteiger partial charge in [-0.15, -0.1) is 0 Å². The average Bonchev–Trinajstić information content (AvgIpc) is 2.36. The van der Waals surface area contributed by atoms with E-state index >= 15 is 0 Å². The van der Waals surface area contributed by atoms with Gasteiger partial charge in [-0.05, 0) is 13.3 Å². The molecule has 3 heteroatoms. The third-order valence-corrected chi connectivity index (χ3v) is 1.57. The lowest BCUT2D eigenvalue weighted by atomic mass is 10.2. The largest absolute Gasteiger partial charge is 0.449 e. The molecule has 0 amide bonds. The number of nitrogens with zero attached hydrogens (tertiary/aromatic N) is 1. The van der Waals surface area contributed by atoms with Crippen LogP contribution in [-0.2, 0) is 12.8 Å². The predicted molar refractivity (Wildman–Crippen MR) is 45.9 cm³/mol. The maximum Gasteiger partial charge on any atom is 0.194 e. The van der Waals surface area contributed by atoms with Crippen LogP contribution in [0.4, 0.5) is 0 Å². The highest BCUT2D eigenvalue weighted by atomic mass is 16.3. The molecule has 0 spiro atoms. The van der Waals surface area contributed by atoms with E-state index in [2.05, 4.69) is 11.9 Å². The Morgan fingerprint density at radius 1 is 1.67 bits per heavy atom. The molecule has 1 aromatic heterocycles. The van der Waals surface area contributed by atoms with Crippen LogP contribution in [0.1, 0.15) is 31.9 Å². The third-order valence-electron chi connectivity index (χ3n) is 1.57. The van der Waals surface area contributed by atoms with Gasteiger partial charge in [-0.2, -0.15) is 0 Å². The number of aliphatic hydroxyl groups excluding tert-OH is 1. The molecule has 0 aliphatic rings. The number of hydrogen-bond donors (Lipinski definition) is 1. The van der Waals surface area contributed by atoms with Gasteiger partial charge in [0, 0.05) is 12.8 Å². The van der Waals surface area contributed by atoms with Crippen molar-refractivity contribution in [3.63, 3.8) is 0 Å². The van der Waals surface area contributed by atoms with Crippen molar-refractivity contribution in [2.45, 2.75) is 39.2 Å². The van der Waals surface area contributed by atoms with E-state index in [9.17, 15) is 0 Å². The highest BCUT2D eigenvalue weighted by Crippen LogP contribution is 2.06. The van der Waals surface area contributed by atoms with E-state index in [1.807, 2.05) is 0 Å². The maximum atomic E-state index is 9.06. The predicted octanol–water partition coefficient (Wildman–Crippen LogP) is 1.55. The first-order valence-corrected chi connectivity index (χ1v) is 4.33. The van der Waals surface area contributed by atoms with Crippen molar-refractivity contribution in [3.8, 4) is 0 Å². The lowest BCUT2D eigenvalue weighted by molar-refractivity contribution is 0.194. The molecule has 0 radical (unpaired) electrons. The molecule has 68 valence electrons. The fourth-order valence-electron chi connectivity index (χ4n) is 1.07. The van der Waals surface area contributed by atoms with E-state index < -0.39 is 0 Å². The van der Waals surface area contributed by atoms with Gasteiger partial charge in [-0.25, -0.2) is 4.98 Å². The van der Waals surface area contributed by atoms with Gasteiger partial charge in [-0.3, -0.25) is 0 Å². The summed E-state index contributed by atoms with van der Waals surface area (Å²) in [5, 5.41) is 9.06.